The number of aromatic nitrogens is 1. The van der Waals surface area contributed by atoms with Crippen LogP contribution in [0.3, 0.4) is 0 Å². The molecule has 5 rings (SSSR count). The van der Waals surface area contributed by atoms with E-state index in [0.717, 1.165) is 5.56 Å². The Morgan fingerprint density at radius 3 is 2.55 bits per heavy atom. The monoisotopic (exact) mass is 546 g/mol. The van der Waals surface area contributed by atoms with Crippen molar-refractivity contribution in [3.05, 3.63) is 114 Å². The summed E-state index contributed by atoms with van der Waals surface area (Å²) in [6, 6.07) is 17.0. The molecule has 0 amide bonds. The van der Waals surface area contributed by atoms with E-state index in [9.17, 15) is 14.4 Å². The minimum atomic E-state index is -0.784. The lowest BCUT2D eigenvalue weighted by Gasteiger charge is -2.25. The third kappa shape index (κ3) is 4.68. The highest BCUT2D eigenvalue weighted by Gasteiger charge is 2.34. The van der Waals surface area contributed by atoms with Crippen LogP contribution in [0, 0.1) is 0 Å². The number of ether oxygens (including phenoxy) is 1. The number of carbonyl (C=O) groups excluding carboxylic acids is 2. The molecule has 38 heavy (non-hydrogen) atoms. The van der Waals surface area contributed by atoms with Gasteiger partial charge in [0.05, 0.1) is 22.4 Å². The van der Waals surface area contributed by atoms with Crippen LogP contribution in [0.15, 0.2) is 86.1 Å². The van der Waals surface area contributed by atoms with Crippen molar-refractivity contribution in [3.63, 3.8) is 0 Å². The summed E-state index contributed by atoms with van der Waals surface area (Å²) in [5.74, 6) is 0.535. The average Bonchev–Trinajstić information content (AvgIpc) is 3.48. The molecule has 192 valence electrons. The van der Waals surface area contributed by atoms with Crippen molar-refractivity contribution in [3.8, 4) is 11.3 Å². The van der Waals surface area contributed by atoms with E-state index >= 15 is 0 Å². The maximum Gasteiger partial charge on any atom is 0.338 e. The molecule has 7 nitrogen and oxygen atoms in total. The number of rotatable bonds is 6. The number of benzene rings is 2. The Bertz CT molecular complexity index is 1780. The van der Waals surface area contributed by atoms with Crippen LogP contribution in [0.2, 0.25) is 5.02 Å². The highest BCUT2D eigenvalue weighted by atomic mass is 35.5. The van der Waals surface area contributed by atoms with Crippen molar-refractivity contribution >= 4 is 40.8 Å². The van der Waals surface area contributed by atoms with E-state index < -0.39 is 12.0 Å². The first-order valence-corrected chi connectivity index (χ1v) is 13.1. The fourth-order valence-electron chi connectivity index (χ4n) is 4.37. The number of hydrogen-bond donors (Lipinski definition) is 0. The summed E-state index contributed by atoms with van der Waals surface area (Å²) >= 11 is 7.74. The van der Waals surface area contributed by atoms with Crippen LogP contribution in [0.1, 0.15) is 48.5 Å². The third-order valence-electron chi connectivity index (χ3n) is 6.19. The Labute approximate surface area is 227 Å². The number of carbonyl (C=O) groups is 2. The number of thiazole rings is 1. The summed E-state index contributed by atoms with van der Waals surface area (Å²) < 4.78 is 13.2. The molecule has 1 atom stereocenters. The fraction of sp³-hybridized carbons (Fsp3) is 0.172. The van der Waals surface area contributed by atoms with Crippen molar-refractivity contribution in [2.75, 3.05) is 6.61 Å². The molecular formula is C29H23ClN2O5S. The van der Waals surface area contributed by atoms with Gasteiger partial charge in [-0.1, -0.05) is 65.4 Å². The van der Waals surface area contributed by atoms with Crippen LogP contribution >= 0.6 is 22.9 Å². The van der Waals surface area contributed by atoms with Crippen molar-refractivity contribution < 1.29 is 18.7 Å². The van der Waals surface area contributed by atoms with Gasteiger partial charge in [-0.15, -0.1) is 0 Å². The Balaban J connectivity index is 1.61. The van der Waals surface area contributed by atoms with Crippen LogP contribution in [0.5, 0.6) is 0 Å². The molecule has 1 unspecified atom stereocenters. The van der Waals surface area contributed by atoms with Gasteiger partial charge in [0.1, 0.15) is 17.6 Å². The molecular weight excluding hydrogens is 524 g/mol. The summed E-state index contributed by atoms with van der Waals surface area (Å²) in [5.41, 5.74) is 2.45. The highest BCUT2D eigenvalue weighted by Crippen LogP contribution is 2.34. The molecule has 0 N–H and O–H groups in total. The molecule has 1 aliphatic heterocycles. The third-order valence-corrected chi connectivity index (χ3v) is 7.52. The molecule has 0 bridgehead atoms. The van der Waals surface area contributed by atoms with Gasteiger partial charge >= 0.3 is 5.97 Å². The molecule has 2 aromatic heterocycles. The number of fused-ring (bicyclic) bond motifs is 1. The number of nitrogens with zero attached hydrogens (tertiary/aromatic N) is 2. The number of allylic oxidation sites excluding steroid dienone is 1. The van der Waals surface area contributed by atoms with Crippen molar-refractivity contribution in [1.29, 1.82) is 0 Å². The predicted molar refractivity (Wildman–Crippen MR) is 146 cm³/mol. The second-order valence-corrected chi connectivity index (χ2v) is 10.1. The van der Waals surface area contributed by atoms with Crippen molar-refractivity contribution in [2.45, 2.75) is 26.8 Å². The zero-order valence-electron chi connectivity index (χ0n) is 20.9. The standard InChI is InChI=1S/C29H23ClN2O5S/c1-4-36-28(35)25-16(2)31-29-32(26(25)21-7-5-6-8-22(21)30)27(34)24(38-29)15-20-13-14-23(37-20)19-11-9-18(10-12-19)17(3)33/h5-15,26H,4H2,1-3H3. The number of esters is 1. The summed E-state index contributed by atoms with van der Waals surface area (Å²) in [5, 5.41) is 0.426. The molecule has 0 fully saturated rings. The zero-order valence-corrected chi connectivity index (χ0v) is 22.4. The molecule has 2 aromatic carbocycles. The van der Waals surface area contributed by atoms with E-state index in [4.69, 9.17) is 20.8 Å². The lowest BCUT2D eigenvalue weighted by Crippen LogP contribution is -2.40. The summed E-state index contributed by atoms with van der Waals surface area (Å²) in [6.07, 6.45) is 1.66. The number of hydrogen-bond acceptors (Lipinski definition) is 7. The molecule has 0 radical (unpaired) electrons. The van der Waals surface area contributed by atoms with Crippen LogP contribution in [-0.2, 0) is 9.53 Å². The van der Waals surface area contributed by atoms with Gasteiger partial charge in [-0.05, 0) is 44.5 Å². The Morgan fingerprint density at radius 2 is 1.87 bits per heavy atom. The number of halogens is 1. The van der Waals surface area contributed by atoms with Gasteiger partial charge in [-0.3, -0.25) is 14.2 Å². The highest BCUT2D eigenvalue weighted by molar-refractivity contribution is 7.07. The lowest BCUT2D eigenvalue weighted by molar-refractivity contribution is -0.139. The van der Waals surface area contributed by atoms with E-state index in [0.29, 0.717) is 42.7 Å². The smallest absolute Gasteiger partial charge is 0.338 e. The largest absolute Gasteiger partial charge is 0.463 e. The first-order valence-electron chi connectivity index (χ1n) is 11.9. The van der Waals surface area contributed by atoms with Crippen LogP contribution in [0.4, 0.5) is 0 Å². The normalized spacial score (nSPS) is 15.3. The number of ketones is 1. The van der Waals surface area contributed by atoms with E-state index in [1.807, 2.05) is 18.2 Å². The summed E-state index contributed by atoms with van der Waals surface area (Å²) in [4.78, 5) is 43.3. The van der Waals surface area contributed by atoms with E-state index in [-0.39, 0.29) is 23.5 Å². The van der Waals surface area contributed by atoms with E-state index in [1.165, 1.54) is 22.8 Å². The molecule has 0 saturated heterocycles. The number of furan rings is 1. The van der Waals surface area contributed by atoms with Gasteiger partial charge < -0.3 is 9.15 Å². The lowest BCUT2D eigenvalue weighted by atomic mass is 9.96. The molecule has 9 heteroatoms. The maximum absolute atomic E-state index is 13.7. The Kier molecular flexibility index (Phi) is 7.01. The quantitative estimate of drug-likeness (QED) is 0.253. The molecule has 1 aliphatic rings. The fourth-order valence-corrected chi connectivity index (χ4v) is 5.63. The van der Waals surface area contributed by atoms with Gasteiger partial charge in [-0.25, -0.2) is 9.79 Å². The van der Waals surface area contributed by atoms with E-state index in [1.54, 1.807) is 62.4 Å². The molecule has 0 aliphatic carbocycles. The maximum atomic E-state index is 13.7. The minimum Gasteiger partial charge on any atom is -0.463 e. The van der Waals surface area contributed by atoms with Crippen LogP contribution in [0.25, 0.3) is 17.4 Å². The zero-order chi connectivity index (χ0) is 27.0. The van der Waals surface area contributed by atoms with Gasteiger partial charge in [0.15, 0.2) is 10.6 Å². The van der Waals surface area contributed by atoms with Gasteiger partial charge in [0.2, 0.25) is 0 Å². The average molecular weight is 547 g/mol. The molecule has 0 spiro atoms. The number of Topliss-reactive ketones (excluding diaryl/α,β-unsaturated/α-hetero) is 1. The molecule has 3 heterocycles. The van der Waals surface area contributed by atoms with Crippen molar-refractivity contribution in [2.24, 2.45) is 4.99 Å². The minimum absolute atomic E-state index is 0.0106. The van der Waals surface area contributed by atoms with Crippen LogP contribution in [-0.4, -0.2) is 22.9 Å². The molecule has 4 aromatic rings. The topological polar surface area (TPSA) is 90.9 Å². The molecule has 0 saturated carbocycles. The first-order chi connectivity index (χ1) is 18.3. The van der Waals surface area contributed by atoms with Gasteiger partial charge in [0.25, 0.3) is 5.56 Å². The van der Waals surface area contributed by atoms with Gasteiger partial charge in [0, 0.05) is 22.2 Å². The first kappa shape index (κ1) is 25.6. The van der Waals surface area contributed by atoms with E-state index in [2.05, 4.69) is 4.99 Å². The summed E-state index contributed by atoms with van der Waals surface area (Å²) in [6.45, 7) is 5.16. The van der Waals surface area contributed by atoms with Gasteiger partial charge in [-0.2, -0.15) is 0 Å². The Hall–Kier alpha value is -4.01. The Morgan fingerprint density at radius 1 is 1.13 bits per heavy atom. The second kappa shape index (κ2) is 10.4. The van der Waals surface area contributed by atoms with Crippen LogP contribution < -0.4 is 14.9 Å². The predicted octanol–water partition coefficient (Wildman–Crippen LogP) is 4.91. The SMILES string of the molecule is CCOC(=O)C1=C(C)N=c2sc(=Cc3ccc(-c4ccc(C(C)=O)cc4)o3)c(=O)n2C1c1ccccc1Cl. The summed E-state index contributed by atoms with van der Waals surface area (Å²) in [7, 11) is 0. The van der Waals surface area contributed by atoms with Crippen molar-refractivity contribution in [1.82, 2.24) is 4.57 Å². The second-order valence-electron chi connectivity index (χ2n) is 8.66.